The fourth-order valence-corrected chi connectivity index (χ4v) is 3.00. The van der Waals surface area contributed by atoms with Crippen LogP contribution in [0, 0.1) is 6.92 Å². The van der Waals surface area contributed by atoms with E-state index in [2.05, 4.69) is 4.72 Å². The number of anilines is 1. The molecule has 0 bridgehead atoms. The molecule has 2 rings (SSSR count). The van der Waals surface area contributed by atoms with E-state index in [1.807, 2.05) is 6.92 Å². The number of esters is 1. The van der Waals surface area contributed by atoms with Crippen molar-refractivity contribution in [3.8, 4) is 5.75 Å². The zero-order valence-corrected chi connectivity index (χ0v) is 13.5. The highest BCUT2D eigenvalue weighted by atomic mass is 35.5. The van der Waals surface area contributed by atoms with Crippen LogP contribution in [0.2, 0.25) is 5.02 Å². The number of nitrogens with one attached hydrogen (secondary N) is 1. The second kappa shape index (κ2) is 6.37. The summed E-state index contributed by atoms with van der Waals surface area (Å²) in [5.41, 5.74) is 1.24. The molecule has 0 unspecified atom stereocenters. The Morgan fingerprint density at radius 1 is 1.14 bits per heavy atom. The minimum Gasteiger partial charge on any atom is -0.425 e. The molecule has 2 aromatic carbocycles. The number of aryl methyl sites for hydroxylation is 1. The standard InChI is InChI=1S/C15H14ClNO4S/c1-10-3-6-13(7-4-10)22(19,20)17-12-5-8-15(14(16)9-12)21-11(2)18/h3-9,17H,1-2H3. The van der Waals surface area contributed by atoms with Crippen LogP contribution in [0.15, 0.2) is 47.4 Å². The molecule has 0 aliphatic heterocycles. The van der Waals surface area contributed by atoms with E-state index < -0.39 is 16.0 Å². The van der Waals surface area contributed by atoms with Gasteiger partial charge in [0.15, 0.2) is 0 Å². The minimum absolute atomic E-state index is 0.138. The number of carbonyl (C=O) groups excluding carboxylic acids is 1. The second-order valence-electron chi connectivity index (χ2n) is 4.66. The average Bonchev–Trinajstić information content (AvgIpc) is 2.41. The third-order valence-electron chi connectivity index (χ3n) is 2.77. The molecule has 0 aliphatic rings. The van der Waals surface area contributed by atoms with Crippen LogP contribution in [0.3, 0.4) is 0 Å². The highest BCUT2D eigenvalue weighted by molar-refractivity contribution is 7.92. The highest BCUT2D eigenvalue weighted by Crippen LogP contribution is 2.29. The van der Waals surface area contributed by atoms with Crippen molar-refractivity contribution < 1.29 is 17.9 Å². The number of rotatable bonds is 4. The maximum atomic E-state index is 12.2. The summed E-state index contributed by atoms with van der Waals surface area (Å²) in [5, 5.41) is 0.138. The van der Waals surface area contributed by atoms with Crippen molar-refractivity contribution in [1.82, 2.24) is 0 Å². The Morgan fingerprint density at radius 3 is 2.32 bits per heavy atom. The van der Waals surface area contributed by atoms with Gasteiger partial charge < -0.3 is 4.74 Å². The predicted molar refractivity (Wildman–Crippen MR) is 84.7 cm³/mol. The molecule has 7 heteroatoms. The summed E-state index contributed by atoms with van der Waals surface area (Å²) in [6, 6.07) is 10.7. The van der Waals surface area contributed by atoms with E-state index in [9.17, 15) is 13.2 Å². The van der Waals surface area contributed by atoms with Gasteiger partial charge >= 0.3 is 5.97 Å². The smallest absolute Gasteiger partial charge is 0.308 e. The van der Waals surface area contributed by atoms with Crippen LogP contribution in [-0.2, 0) is 14.8 Å². The number of hydrogen-bond acceptors (Lipinski definition) is 4. The van der Waals surface area contributed by atoms with Crippen molar-refractivity contribution in [2.45, 2.75) is 18.7 Å². The van der Waals surface area contributed by atoms with Crippen LogP contribution in [0.1, 0.15) is 12.5 Å². The Hall–Kier alpha value is -2.05. The summed E-state index contributed by atoms with van der Waals surface area (Å²) in [6.45, 7) is 3.13. The molecule has 0 amide bonds. The van der Waals surface area contributed by atoms with E-state index in [1.165, 1.54) is 37.3 Å². The molecule has 0 fully saturated rings. The zero-order valence-electron chi connectivity index (χ0n) is 12.0. The molecule has 0 aliphatic carbocycles. The van der Waals surface area contributed by atoms with Gasteiger partial charge in [-0.3, -0.25) is 9.52 Å². The van der Waals surface area contributed by atoms with Crippen molar-refractivity contribution in [2.24, 2.45) is 0 Å². The van der Waals surface area contributed by atoms with Gasteiger partial charge in [0.1, 0.15) is 5.75 Å². The maximum absolute atomic E-state index is 12.2. The van der Waals surface area contributed by atoms with Gasteiger partial charge in [-0.2, -0.15) is 0 Å². The third kappa shape index (κ3) is 3.99. The normalized spacial score (nSPS) is 11.0. The lowest BCUT2D eigenvalue weighted by Crippen LogP contribution is -2.13. The SMILES string of the molecule is CC(=O)Oc1ccc(NS(=O)(=O)c2ccc(C)cc2)cc1Cl. The highest BCUT2D eigenvalue weighted by Gasteiger charge is 2.15. The van der Waals surface area contributed by atoms with E-state index in [4.69, 9.17) is 16.3 Å². The first-order chi connectivity index (χ1) is 10.3. The van der Waals surface area contributed by atoms with Gasteiger partial charge in [-0.05, 0) is 37.3 Å². The average molecular weight is 340 g/mol. The van der Waals surface area contributed by atoms with Crippen LogP contribution < -0.4 is 9.46 Å². The van der Waals surface area contributed by atoms with Gasteiger partial charge in [0.2, 0.25) is 0 Å². The van der Waals surface area contributed by atoms with E-state index in [0.29, 0.717) is 0 Å². The summed E-state index contributed by atoms with van der Waals surface area (Å²) in [5.74, 6) is -0.331. The van der Waals surface area contributed by atoms with Crippen LogP contribution in [0.5, 0.6) is 5.75 Å². The first-order valence-corrected chi connectivity index (χ1v) is 8.21. The maximum Gasteiger partial charge on any atom is 0.308 e. The lowest BCUT2D eigenvalue weighted by atomic mass is 10.2. The molecular weight excluding hydrogens is 326 g/mol. The Bertz CT molecular complexity index is 801. The molecule has 0 aromatic heterocycles. The molecule has 5 nitrogen and oxygen atoms in total. The van der Waals surface area contributed by atoms with E-state index in [-0.39, 0.29) is 21.4 Å². The first kappa shape index (κ1) is 16.3. The Morgan fingerprint density at radius 2 is 1.77 bits per heavy atom. The van der Waals surface area contributed by atoms with Crippen molar-refractivity contribution in [1.29, 1.82) is 0 Å². The van der Waals surface area contributed by atoms with Gasteiger partial charge in [0, 0.05) is 6.92 Å². The molecule has 2 aromatic rings. The molecule has 22 heavy (non-hydrogen) atoms. The monoisotopic (exact) mass is 339 g/mol. The van der Waals surface area contributed by atoms with Gasteiger partial charge in [0.25, 0.3) is 10.0 Å². The number of hydrogen-bond donors (Lipinski definition) is 1. The Balaban J connectivity index is 2.24. The van der Waals surface area contributed by atoms with Crippen LogP contribution in [0.4, 0.5) is 5.69 Å². The summed E-state index contributed by atoms with van der Waals surface area (Å²) >= 11 is 5.96. The molecule has 0 heterocycles. The lowest BCUT2D eigenvalue weighted by Gasteiger charge is -2.10. The van der Waals surface area contributed by atoms with E-state index in [1.54, 1.807) is 12.1 Å². The molecule has 0 saturated carbocycles. The summed E-state index contributed by atoms with van der Waals surface area (Å²) in [7, 11) is -3.70. The number of ether oxygens (including phenoxy) is 1. The van der Waals surface area contributed by atoms with Crippen molar-refractivity contribution in [3.05, 3.63) is 53.1 Å². The lowest BCUT2D eigenvalue weighted by molar-refractivity contribution is -0.131. The molecule has 116 valence electrons. The number of halogens is 1. The molecule has 0 radical (unpaired) electrons. The van der Waals surface area contributed by atoms with Crippen molar-refractivity contribution >= 4 is 33.3 Å². The van der Waals surface area contributed by atoms with Gasteiger partial charge in [-0.1, -0.05) is 29.3 Å². The first-order valence-electron chi connectivity index (χ1n) is 6.35. The number of carbonyl (C=O) groups is 1. The predicted octanol–water partition coefficient (Wildman–Crippen LogP) is 3.37. The largest absolute Gasteiger partial charge is 0.425 e. The second-order valence-corrected chi connectivity index (χ2v) is 6.75. The number of benzene rings is 2. The van der Waals surface area contributed by atoms with Gasteiger partial charge in [0.05, 0.1) is 15.6 Å². The quantitative estimate of drug-likeness (QED) is 0.684. The van der Waals surface area contributed by atoms with Crippen LogP contribution in [0.25, 0.3) is 0 Å². The summed E-state index contributed by atoms with van der Waals surface area (Å²) in [6.07, 6.45) is 0. The van der Waals surface area contributed by atoms with Gasteiger partial charge in [-0.15, -0.1) is 0 Å². The number of sulfonamides is 1. The fraction of sp³-hybridized carbons (Fsp3) is 0.133. The summed E-state index contributed by atoms with van der Waals surface area (Å²) < 4.78 is 31.8. The zero-order chi connectivity index (χ0) is 16.3. The van der Waals surface area contributed by atoms with Crippen molar-refractivity contribution in [3.63, 3.8) is 0 Å². The fourth-order valence-electron chi connectivity index (χ4n) is 1.73. The van der Waals surface area contributed by atoms with Gasteiger partial charge in [-0.25, -0.2) is 8.42 Å². The van der Waals surface area contributed by atoms with Crippen LogP contribution >= 0.6 is 11.6 Å². The molecule has 0 atom stereocenters. The molecule has 1 N–H and O–H groups in total. The topological polar surface area (TPSA) is 72.5 Å². The van der Waals surface area contributed by atoms with Crippen molar-refractivity contribution in [2.75, 3.05) is 4.72 Å². The molecule has 0 spiro atoms. The molecular formula is C15H14ClNO4S. The Kier molecular flexibility index (Phi) is 4.73. The third-order valence-corrected chi connectivity index (χ3v) is 4.46. The van der Waals surface area contributed by atoms with E-state index >= 15 is 0 Å². The van der Waals surface area contributed by atoms with E-state index in [0.717, 1.165) is 5.56 Å². The Labute approximate surface area is 133 Å². The summed E-state index contributed by atoms with van der Waals surface area (Å²) in [4.78, 5) is 11.1. The van der Waals surface area contributed by atoms with Crippen LogP contribution in [-0.4, -0.2) is 14.4 Å². The molecule has 0 saturated heterocycles. The minimum atomic E-state index is -3.70.